The van der Waals surface area contributed by atoms with Crippen molar-refractivity contribution in [1.29, 1.82) is 0 Å². The second kappa shape index (κ2) is 8.37. The van der Waals surface area contributed by atoms with Crippen LogP contribution in [0.4, 0.5) is 14.6 Å². The standard InChI is InChI=1S/C18H13Cl2F2N3O2/c19-14-5-4-11(8-15(14)20)10-25-7-6-16(24-25)23-17(26)12-2-1-3-13(9-12)27-18(21)22/h1-9,18H,10H2,(H,23,24,26). The molecule has 0 unspecified atom stereocenters. The maximum atomic E-state index is 12.3. The van der Waals surface area contributed by atoms with Crippen LogP contribution in [0.5, 0.6) is 5.75 Å². The first kappa shape index (κ1) is 19.1. The molecule has 0 saturated carbocycles. The van der Waals surface area contributed by atoms with Gasteiger partial charge in [-0.15, -0.1) is 0 Å². The summed E-state index contributed by atoms with van der Waals surface area (Å²) in [6.45, 7) is -2.52. The van der Waals surface area contributed by atoms with Crippen molar-refractivity contribution < 1.29 is 18.3 Å². The molecule has 0 atom stereocenters. The molecule has 27 heavy (non-hydrogen) atoms. The van der Waals surface area contributed by atoms with Gasteiger partial charge < -0.3 is 10.1 Å². The summed E-state index contributed by atoms with van der Waals surface area (Å²) in [6, 6.07) is 12.4. The Balaban J connectivity index is 1.66. The second-order valence-corrected chi connectivity index (χ2v) is 6.32. The molecule has 0 aliphatic rings. The molecule has 0 spiro atoms. The topological polar surface area (TPSA) is 56.2 Å². The van der Waals surface area contributed by atoms with Gasteiger partial charge >= 0.3 is 6.61 Å². The normalized spacial score (nSPS) is 10.9. The Hall–Kier alpha value is -2.64. The van der Waals surface area contributed by atoms with Gasteiger partial charge in [-0.25, -0.2) is 0 Å². The summed E-state index contributed by atoms with van der Waals surface area (Å²) in [5.74, 6) is -0.266. The molecule has 1 heterocycles. The third-order valence-corrected chi connectivity index (χ3v) is 4.27. The molecule has 0 aliphatic carbocycles. The molecule has 0 fully saturated rings. The number of nitrogens with zero attached hydrogens (tertiary/aromatic N) is 2. The number of hydrogen-bond donors (Lipinski definition) is 1. The van der Waals surface area contributed by atoms with Gasteiger partial charge in [-0.2, -0.15) is 13.9 Å². The lowest BCUT2D eigenvalue weighted by molar-refractivity contribution is -0.0498. The Labute approximate surface area is 163 Å². The Morgan fingerprint density at radius 2 is 1.96 bits per heavy atom. The summed E-state index contributed by atoms with van der Waals surface area (Å²) in [7, 11) is 0. The number of hydrogen-bond acceptors (Lipinski definition) is 3. The van der Waals surface area contributed by atoms with Gasteiger partial charge in [0, 0.05) is 17.8 Å². The fourth-order valence-electron chi connectivity index (χ4n) is 2.34. The van der Waals surface area contributed by atoms with E-state index in [2.05, 4.69) is 15.2 Å². The number of ether oxygens (including phenoxy) is 1. The molecule has 0 radical (unpaired) electrons. The van der Waals surface area contributed by atoms with Crippen LogP contribution in [-0.4, -0.2) is 22.3 Å². The lowest BCUT2D eigenvalue weighted by Crippen LogP contribution is -2.13. The SMILES string of the molecule is O=C(Nc1ccn(Cc2ccc(Cl)c(Cl)c2)n1)c1cccc(OC(F)F)c1. The predicted molar refractivity (Wildman–Crippen MR) is 98.8 cm³/mol. The highest BCUT2D eigenvalue weighted by molar-refractivity contribution is 6.42. The van der Waals surface area contributed by atoms with Crippen LogP contribution in [0.2, 0.25) is 10.0 Å². The van der Waals surface area contributed by atoms with Crippen molar-refractivity contribution in [3.63, 3.8) is 0 Å². The largest absolute Gasteiger partial charge is 0.435 e. The number of benzene rings is 2. The van der Waals surface area contributed by atoms with Crippen LogP contribution in [0, 0.1) is 0 Å². The van der Waals surface area contributed by atoms with Crippen molar-refractivity contribution in [2.75, 3.05) is 5.32 Å². The zero-order chi connectivity index (χ0) is 19.4. The van der Waals surface area contributed by atoms with E-state index in [0.29, 0.717) is 22.4 Å². The van der Waals surface area contributed by atoms with E-state index in [-0.39, 0.29) is 11.3 Å². The van der Waals surface area contributed by atoms with Crippen molar-refractivity contribution in [2.45, 2.75) is 13.2 Å². The van der Waals surface area contributed by atoms with Gasteiger partial charge in [-0.3, -0.25) is 9.48 Å². The van der Waals surface area contributed by atoms with Crippen molar-refractivity contribution >= 4 is 34.9 Å². The first-order valence-corrected chi connectivity index (χ1v) is 8.50. The van der Waals surface area contributed by atoms with Gasteiger partial charge in [-0.1, -0.05) is 35.3 Å². The van der Waals surface area contributed by atoms with Crippen LogP contribution in [0.3, 0.4) is 0 Å². The average molecular weight is 412 g/mol. The summed E-state index contributed by atoms with van der Waals surface area (Å²) >= 11 is 11.9. The van der Waals surface area contributed by atoms with Gasteiger partial charge in [0.2, 0.25) is 0 Å². The number of amides is 1. The van der Waals surface area contributed by atoms with Crippen LogP contribution >= 0.6 is 23.2 Å². The fraction of sp³-hybridized carbons (Fsp3) is 0.111. The number of rotatable bonds is 6. The highest BCUT2D eigenvalue weighted by atomic mass is 35.5. The molecule has 5 nitrogen and oxygen atoms in total. The molecule has 1 N–H and O–H groups in total. The summed E-state index contributed by atoms with van der Waals surface area (Å²) < 4.78 is 30.5. The molecule has 0 aliphatic heterocycles. The molecule has 1 amide bonds. The van der Waals surface area contributed by atoms with E-state index in [1.165, 1.54) is 24.3 Å². The molecular formula is C18H13Cl2F2N3O2. The smallest absolute Gasteiger partial charge is 0.387 e. The van der Waals surface area contributed by atoms with Crippen molar-refractivity contribution in [3.8, 4) is 5.75 Å². The van der Waals surface area contributed by atoms with Gasteiger partial charge in [0.1, 0.15) is 5.75 Å². The minimum atomic E-state index is -2.96. The van der Waals surface area contributed by atoms with Gasteiger partial charge in [0.25, 0.3) is 5.91 Å². The third kappa shape index (κ3) is 5.18. The lowest BCUT2D eigenvalue weighted by atomic mass is 10.2. The molecule has 3 rings (SSSR count). The Kier molecular flexibility index (Phi) is 5.93. The molecule has 3 aromatic rings. The second-order valence-electron chi connectivity index (χ2n) is 5.51. The summed E-state index contributed by atoms with van der Waals surface area (Å²) in [5.41, 5.74) is 1.06. The summed E-state index contributed by atoms with van der Waals surface area (Å²) in [6.07, 6.45) is 1.69. The molecule has 9 heteroatoms. The van der Waals surface area contributed by atoms with Crippen LogP contribution < -0.4 is 10.1 Å². The van der Waals surface area contributed by atoms with E-state index in [4.69, 9.17) is 23.2 Å². The Morgan fingerprint density at radius 1 is 1.15 bits per heavy atom. The van der Waals surface area contributed by atoms with E-state index in [0.717, 1.165) is 5.56 Å². The zero-order valence-corrected chi connectivity index (χ0v) is 15.2. The first-order chi connectivity index (χ1) is 12.9. The molecule has 1 aromatic heterocycles. The van der Waals surface area contributed by atoms with Crippen molar-refractivity contribution in [1.82, 2.24) is 9.78 Å². The summed E-state index contributed by atoms with van der Waals surface area (Å²) in [5, 5.41) is 7.77. The maximum absolute atomic E-state index is 12.3. The first-order valence-electron chi connectivity index (χ1n) is 7.74. The van der Waals surface area contributed by atoms with E-state index in [1.807, 2.05) is 6.07 Å². The number of alkyl halides is 2. The van der Waals surface area contributed by atoms with Gasteiger partial charge in [0.15, 0.2) is 5.82 Å². The van der Waals surface area contributed by atoms with Crippen LogP contribution in [0.15, 0.2) is 54.7 Å². The number of nitrogens with one attached hydrogen (secondary N) is 1. The lowest BCUT2D eigenvalue weighted by Gasteiger charge is -2.07. The van der Waals surface area contributed by atoms with Crippen molar-refractivity contribution in [3.05, 3.63) is 75.9 Å². The van der Waals surface area contributed by atoms with E-state index in [9.17, 15) is 13.6 Å². The predicted octanol–water partition coefficient (Wildman–Crippen LogP) is 5.09. The minimum Gasteiger partial charge on any atom is -0.435 e. The third-order valence-electron chi connectivity index (χ3n) is 3.53. The summed E-state index contributed by atoms with van der Waals surface area (Å²) in [4.78, 5) is 12.3. The van der Waals surface area contributed by atoms with E-state index >= 15 is 0 Å². The molecule has 0 bridgehead atoms. The highest BCUT2D eigenvalue weighted by Crippen LogP contribution is 2.23. The Morgan fingerprint density at radius 3 is 2.70 bits per heavy atom. The monoisotopic (exact) mass is 411 g/mol. The molecular weight excluding hydrogens is 399 g/mol. The quantitative estimate of drug-likeness (QED) is 0.614. The number of carbonyl (C=O) groups excluding carboxylic acids is 1. The highest BCUT2D eigenvalue weighted by Gasteiger charge is 2.11. The molecule has 2 aromatic carbocycles. The maximum Gasteiger partial charge on any atom is 0.387 e. The fourth-order valence-corrected chi connectivity index (χ4v) is 2.66. The minimum absolute atomic E-state index is 0.0946. The van der Waals surface area contributed by atoms with Crippen molar-refractivity contribution in [2.24, 2.45) is 0 Å². The van der Waals surface area contributed by atoms with Crippen LogP contribution in [0.25, 0.3) is 0 Å². The van der Waals surface area contributed by atoms with Crippen LogP contribution in [-0.2, 0) is 6.54 Å². The average Bonchev–Trinajstić information content (AvgIpc) is 3.04. The zero-order valence-electron chi connectivity index (χ0n) is 13.7. The number of carbonyl (C=O) groups is 1. The Bertz CT molecular complexity index is 963. The van der Waals surface area contributed by atoms with Crippen LogP contribution in [0.1, 0.15) is 15.9 Å². The molecule has 140 valence electrons. The number of aromatic nitrogens is 2. The number of halogens is 4. The van der Waals surface area contributed by atoms with Gasteiger partial charge in [0.05, 0.1) is 16.6 Å². The molecule has 0 saturated heterocycles. The van der Waals surface area contributed by atoms with E-state index < -0.39 is 12.5 Å². The van der Waals surface area contributed by atoms with E-state index in [1.54, 1.807) is 29.1 Å². The van der Waals surface area contributed by atoms with Gasteiger partial charge in [-0.05, 0) is 35.9 Å². The number of anilines is 1.